The molecule has 0 heterocycles. The largest absolute Gasteiger partial charge is 0.497 e. The number of hydrogen-bond donors (Lipinski definition) is 1. The van der Waals surface area contributed by atoms with Crippen LogP contribution in [0.5, 0.6) is 17.2 Å². The van der Waals surface area contributed by atoms with Gasteiger partial charge in [-0.05, 0) is 62.1 Å². The van der Waals surface area contributed by atoms with Gasteiger partial charge in [-0.15, -0.1) is 0 Å². The molecule has 0 fully saturated rings. The first-order valence-corrected chi connectivity index (χ1v) is 8.65. The number of nitrogens with one attached hydrogen (secondary N) is 1. The maximum Gasteiger partial charge on any atom is 0.160 e. The minimum absolute atomic E-state index is 0.367. The molecule has 2 aromatic carbocycles. The second-order valence-corrected chi connectivity index (χ2v) is 6.41. The number of hydrogen-bond acceptors (Lipinski definition) is 4. The molecule has 0 unspecified atom stereocenters. The van der Waals surface area contributed by atoms with Crippen molar-refractivity contribution in [2.75, 3.05) is 21.3 Å². The van der Waals surface area contributed by atoms with Gasteiger partial charge in [0.05, 0.1) is 21.3 Å². The van der Waals surface area contributed by atoms with Gasteiger partial charge in [0.1, 0.15) is 5.75 Å². The standard InChI is InChI=1S/C21H29NO3/c1-15(12-17-6-9-19(23-3)10-7-17)22-16(2)13-18-8-11-20(24-4)21(14-18)25-5/h6-11,14-16,22H,12-13H2,1-5H3/t15-,16-/m1/s1. The maximum atomic E-state index is 5.38. The number of rotatable bonds is 9. The van der Waals surface area contributed by atoms with Crippen molar-refractivity contribution in [3.05, 3.63) is 53.6 Å². The molecule has 0 aromatic heterocycles. The summed E-state index contributed by atoms with van der Waals surface area (Å²) >= 11 is 0. The molecule has 0 saturated heterocycles. The molecule has 0 radical (unpaired) electrons. The maximum absolute atomic E-state index is 5.38. The lowest BCUT2D eigenvalue weighted by Gasteiger charge is -2.21. The van der Waals surface area contributed by atoms with E-state index in [2.05, 4.69) is 37.4 Å². The van der Waals surface area contributed by atoms with Gasteiger partial charge >= 0.3 is 0 Å². The van der Waals surface area contributed by atoms with Crippen LogP contribution in [0, 0.1) is 0 Å². The average molecular weight is 343 g/mol. The number of benzene rings is 2. The summed E-state index contributed by atoms with van der Waals surface area (Å²) in [6.45, 7) is 4.43. The molecule has 4 heteroatoms. The highest BCUT2D eigenvalue weighted by Gasteiger charge is 2.11. The van der Waals surface area contributed by atoms with Gasteiger partial charge in [-0.1, -0.05) is 18.2 Å². The Bertz CT molecular complexity index is 655. The van der Waals surface area contributed by atoms with Crippen LogP contribution < -0.4 is 19.5 Å². The second-order valence-electron chi connectivity index (χ2n) is 6.41. The predicted octanol–water partition coefficient (Wildman–Crippen LogP) is 3.86. The summed E-state index contributed by atoms with van der Waals surface area (Å²) in [6, 6.07) is 15.1. The molecule has 2 rings (SSSR count). The third-order valence-electron chi connectivity index (χ3n) is 4.26. The molecule has 136 valence electrons. The van der Waals surface area contributed by atoms with Gasteiger partial charge in [-0.2, -0.15) is 0 Å². The van der Waals surface area contributed by atoms with E-state index in [4.69, 9.17) is 14.2 Å². The molecule has 0 saturated carbocycles. The van der Waals surface area contributed by atoms with Crippen molar-refractivity contribution in [3.63, 3.8) is 0 Å². The normalized spacial score (nSPS) is 13.2. The minimum Gasteiger partial charge on any atom is -0.497 e. The Morgan fingerprint density at radius 2 is 1.28 bits per heavy atom. The van der Waals surface area contributed by atoms with Crippen molar-refractivity contribution in [2.24, 2.45) is 0 Å². The van der Waals surface area contributed by atoms with Gasteiger partial charge in [-0.25, -0.2) is 0 Å². The highest BCUT2D eigenvalue weighted by Crippen LogP contribution is 2.28. The molecule has 2 atom stereocenters. The Balaban J connectivity index is 1.89. The first-order chi connectivity index (χ1) is 12.0. The van der Waals surface area contributed by atoms with E-state index in [0.717, 1.165) is 30.1 Å². The van der Waals surface area contributed by atoms with Crippen LogP contribution in [0.1, 0.15) is 25.0 Å². The van der Waals surface area contributed by atoms with Crippen molar-refractivity contribution in [1.29, 1.82) is 0 Å². The summed E-state index contributed by atoms with van der Waals surface area (Å²) in [4.78, 5) is 0. The zero-order valence-corrected chi connectivity index (χ0v) is 15.8. The number of methoxy groups -OCH3 is 3. The Labute approximate surface area is 151 Å². The molecule has 25 heavy (non-hydrogen) atoms. The first-order valence-electron chi connectivity index (χ1n) is 8.65. The fourth-order valence-electron chi connectivity index (χ4n) is 3.08. The molecule has 0 aliphatic heterocycles. The Morgan fingerprint density at radius 1 is 0.720 bits per heavy atom. The highest BCUT2D eigenvalue weighted by molar-refractivity contribution is 5.43. The van der Waals surface area contributed by atoms with Crippen molar-refractivity contribution in [1.82, 2.24) is 5.32 Å². The van der Waals surface area contributed by atoms with Gasteiger partial charge < -0.3 is 19.5 Å². The third kappa shape index (κ3) is 5.68. The summed E-state index contributed by atoms with van der Waals surface area (Å²) in [6.07, 6.45) is 1.92. The van der Waals surface area contributed by atoms with E-state index in [1.807, 2.05) is 24.3 Å². The molecule has 1 N–H and O–H groups in total. The van der Waals surface area contributed by atoms with E-state index in [9.17, 15) is 0 Å². The summed E-state index contributed by atoms with van der Waals surface area (Å²) < 4.78 is 15.9. The van der Waals surface area contributed by atoms with E-state index in [0.29, 0.717) is 12.1 Å². The van der Waals surface area contributed by atoms with Gasteiger partial charge in [-0.3, -0.25) is 0 Å². The Kier molecular flexibility index (Phi) is 7.14. The van der Waals surface area contributed by atoms with E-state index in [1.165, 1.54) is 11.1 Å². The van der Waals surface area contributed by atoms with Gasteiger partial charge in [0.15, 0.2) is 11.5 Å². The summed E-state index contributed by atoms with van der Waals surface area (Å²) in [5.74, 6) is 2.43. The van der Waals surface area contributed by atoms with Crippen LogP contribution in [0.3, 0.4) is 0 Å². The minimum atomic E-state index is 0.367. The molecule has 0 spiro atoms. The molecule has 0 amide bonds. The summed E-state index contributed by atoms with van der Waals surface area (Å²) in [5, 5.41) is 3.67. The van der Waals surface area contributed by atoms with Crippen LogP contribution in [-0.2, 0) is 12.8 Å². The first kappa shape index (κ1) is 19.1. The van der Waals surface area contributed by atoms with Crippen LogP contribution in [0.4, 0.5) is 0 Å². The van der Waals surface area contributed by atoms with E-state index in [1.54, 1.807) is 21.3 Å². The number of ether oxygens (including phenoxy) is 3. The van der Waals surface area contributed by atoms with Gasteiger partial charge in [0.2, 0.25) is 0 Å². The van der Waals surface area contributed by atoms with Crippen molar-refractivity contribution in [3.8, 4) is 17.2 Å². The third-order valence-corrected chi connectivity index (χ3v) is 4.26. The Hall–Kier alpha value is -2.20. The van der Waals surface area contributed by atoms with Crippen molar-refractivity contribution >= 4 is 0 Å². The lowest BCUT2D eigenvalue weighted by molar-refractivity contribution is 0.354. The molecular weight excluding hydrogens is 314 g/mol. The molecule has 0 aliphatic rings. The molecular formula is C21H29NO3. The zero-order valence-electron chi connectivity index (χ0n) is 15.8. The van der Waals surface area contributed by atoms with Crippen molar-refractivity contribution < 1.29 is 14.2 Å². The zero-order chi connectivity index (χ0) is 18.2. The van der Waals surface area contributed by atoms with E-state index >= 15 is 0 Å². The molecule has 4 nitrogen and oxygen atoms in total. The molecule has 2 aromatic rings. The average Bonchev–Trinajstić information content (AvgIpc) is 2.62. The van der Waals surface area contributed by atoms with Crippen molar-refractivity contribution in [2.45, 2.75) is 38.8 Å². The smallest absolute Gasteiger partial charge is 0.160 e. The SMILES string of the molecule is COc1ccc(C[C@@H](C)N[C@H](C)Cc2ccc(OC)c(OC)c2)cc1. The fraction of sp³-hybridized carbons (Fsp3) is 0.429. The van der Waals surface area contributed by atoms with E-state index in [-0.39, 0.29) is 0 Å². The lowest BCUT2D eigenvalue weighted by Crippen LogP contribution is -2.37. The van der Waals surface area contributed by atoms with Crippen LogP contribution in [0.15, 0.2) is 42.5 Å². The monoisotopic (exact) mass is 343 g/mol. The molecule has 0 aliphatic carbocycles. The van der Waals surface area contributed by atoms with Crippen LogP contribution in [-0.4, -0.2) is 33.4 Å². The quantitative estimate of drug-likeness (QED) is 0.750. The van der Waals surface area contributed by atoms with Crippen LogP contribution in [0.2, 0.25) is 0 Å². The highest BCUT2D eigenvalue weighted by atomic mass is 16.5. The van der Waals surface area contributed by atoms with E-state index < -0.39 is 0 Å². The molecule has 0 bridgehead atoms. The Morgan fingerprint density at radius 3 is 1.84 bits per heavy atom. The fourth-order valence-corrected chi connectivity index (χ4v) is 3.08. The van der Waals surface area contributed by atoms with Crippen LogP contribution >= 0.6 is 0 Å². The predicted molar refractivity (Wildman–Crippen MR) is 102 cm³/mol. The topological polar surface area (TPSA) is 39.7 Å². The lowest BCUT2D eigenvalue weighted by atomic mass is 10.0. The summed E-state index contributed by atoms with van der Waals surface area (Å²) in [7, 11) is 5.01. The second kappa shape index (κ2) is 9.33. The van der Waals surface area contributed by atoms with Crippen LogP contribution in [0.25, 0.3) is 0 Å². The van der Waals surface area contributed by atoms with Gasteiger partial charge in [0.25, 0.3) is 0 Å². The van der Waals surface area contributed by atoms with Gasteiger partial charge in [0, 0.05) is 12.1 Å². The summed E-state index contributed by atoms with van der Waals surface area (Å²) in [5.41, 5.74) is 2.54.